The summed E-state index contributed by atoms with van der Waals surface area (Å²) in [6.07, 6.45) is 2.06. The second-order valence-electron chi connectivity index (χ2n) is 4.45. The van der Waals surface area contributed by atoms with Gasteiger partial charge in [0.1, 0.15) is 6.54 Å². The van der Waals surface area contributed by atoms with Gasteiger partial charge in [-0.05, 0) is 6.08 Å². The Balaban J connectivity index is 4.81. The average Bonchev–Trinajstić information content (AvgIpc) is 2.17. The lowest BCUT2D eigenvalue weighted by molar-refractivity contribution is -0.943. The van der Waals surface area contributed by atoms with E-state index in [-0.39, 0.29) is 18.2 Å². The first kappa shape index (κ1) is 14.1. The highest BCUT2D eigenvalue weighted by molar-refractivity contribution is 5.87. The largest absolute Gasteiger partial charge is 0.391 e. The Labute approximate surface area is 92.2 Å². The van der Waals surface area contributed by atoms with Crippen molar-refractivity contribution in [3.63, 3.8) is 0 Å². The highest BCUT2D eigenvalue weighted by atomic mass is 16.3. The SMILES string of the molecule is C=CC(=O)NC(C)(CC)[N+](C)(C)CCO. The zero-order valence-corrected chi connectivity index (χ0v) is 10.2. The fourth-order valence-corrected chi connectivity index (χ4v) is 1.48. The fraction of sp³-hybridized carbons (Fsp3) is 0.727. The van der Waals surface area contributed by atoms with Gasteiger partial charge in [-0.2, -0.15) is 0 Å². The second-order valence-corrected chi connectivity index (χ2v) is 4.45. The van der Waals surface area contributed by atoms with E-state index in [1.54, 1.807) is 0 Å². The van der Waals surface area contributed by atoms with Gasteiger partial charge in [-0.25, -0.2) is 0 Å². The van der Waals surface area contributed by atoms with Crippen LogP contribution in [0.1, 0.15) is 20.3 Å². The molecule has 4 heteroatoms. The van der Waals surface area contributed by atoms with Crippen LogP contribution >= 0.6 is 0 Å². The second kappa shape index (κ2) is 5.28. The van der Waals surface area contributed by atoms with Crippen LogP contribution in [0.5, 0.6) is 0 Å². The van der Waals surface area contributed by atoms with E-state index in [4.69, 9.17) is 5.11 Å². The van der Waals surface area contributed by atoms with Crippen molar-refractivity contribution in [3.05, 3.63) is 12.7 Å². The lowest BCUT2D eigenvalue weighted by atomic mass is 10.1. The standard InChI is InChI=1S/C11H22N2O2/c1-6-10(15)12-11(3,7-2)13(4,5)8-9-14/h6,14H,1,7-9H2,2-5H3/p+1. The zero-order chi connectivity index (χ0) is 12.1. The number of aliphatic hydroxyl groups is 1. The van der Waals surface area contributed by atoms with Crippen molar-refractivity contribution in [2.24, 2.45) is 0 Å². The van der Waals surface area contributed by atoms with Crippen molar-refractivity contribution in [1.82, 2.24) is 5.32 Å². The minimum atomic E-state index is -0.381. The minimum Gasteiger partial charge on any atom is -0.391 e. The summed E-state index contributed by atoms with van der Waals surface area (Å²) < 4.78 is 0.541. The van der Waals surface area contributed by atoms with Gasteiger partial charge < -0.3 is 14.9 Å². The van der Waals surface area contributed by atoms with Crippen molar-refractivity contribution in [1.29, 1.82) is 0 Å². The van der Waals surface area contributed by atoms with Crippen LogP contribution in [0.3, 0.4) is 0 Å². The van der Waals surface area contributed by atoms with Crippen LogP contribution in [0.25, 0.3) is 0 Å². The molecule has 1 unspecified atom stereocenters. The monoisotopic (exact) mass is 215 g/mol. The predicted octanol–water partition coefficient (Wildman–Crippen LogP) is 0.483. The zero-order valence-electron chi connectivity index (χ0n) is 10.2. The van der Waals surface area contributed by atoms with Crippen LogP contribution in [0.2, 0.25) is 0 Å². The van der Waals surface area contributed by atoms with Gasteiger partial charge in [-0.3, -0.25) is 4.79 Å². The minimum absolute atomic E-state index is 0.104. The highest BCUT2D eigenvalue weighted by Gasteiger charge is 2.39. The number of hydrogen-bond donors (Lipinski definition) is 2. The number of rotatable bonds is 6. The topological polar surface area (TPSA) is 49.3 Å². The van der Waals surface area contributed by atoms with E-state index < -0.39 is 0 Å². The fourth-order valence-electron chi connectivity index (χ4n) is 1.48. The molecule has 15 heavy (non-hydrogen) atoms. The van der Waals surface area contributed by atoms with Gasteiger partial charge in [0.25, 0.3) is 0 Å². The number of carbonyl (C=O) groups is 1. The van der Waals surface area contributed by atoms with Crippen molar-refractivity contribution < 1.29 is 14.4 Å². The number of amides is 1. The molecule has 4 nitrogen and oxygen atoms in total. The molecule has 0 aliphatic carbocycles. The molecule has 0 aromatic heterocycles. The summed E-state index contributed by atoms with van der Waals surface area (Å²) >= 11 is 0. The Hall–Kier alpha value is -0.870. The van der Waals surface area contributed by atoms with Crippen molar-refractivity contribution in [2.45, 2.75) is 25.9 Å². The Kier molecular flexibility index (Phi) is 4.97. The average molecular weight is 215 g/mol. The van der Waals surface area contributed by atoms with Crippen LogP contribution < -0.4 is 5.32 Å². The molecule has 0 fully saturated rings. The third-order valence-electron chi connectivity index (χ3n) is 3.26. The molecular weight excluding hydrogens is 192 g/mol. The first-order valence-electron chi connectivity index (χ1n) is 5.21. The molecule has 0 rings (SSSR count). The molecular formula is C11H23N2O2+. The van der Waals surface area contributed by atoms with E-state index >= 15 is 0 Å². The summed E-state index contributed by atoms with van der Waals surface area (Å²) in [5, 5.41) is 11.9. The smallest absolute Gasteiger partial charge is 0.248 e. The summed E-state index contributed by atoms with van der Waals surface area (Å²) in [6.45, 7) is 8.13. The van der Waals surface area contributed by atoms with E-state index in [0.717, 1.165) is 6.42 Å². The van der Waals surface area contributed by atoms with E-state index in [1.807, 2.05) is 27.9 Å². The highest BCUT2D eigenvalue weighted by Crippen LogP contribution is 2.20. The van der Waals surface area contributed by atoms with Gasteiger partial charge in [-0.1, -0.05) is 13.5 Å². The Morgan fingerprint density at radius 2 is 2.13 bits per heavy atom. The number of hydrogen-bond acceptors (Lipinski definition) is 2. The number of nitrogens with zero attached hydrogens (tertiary/aromatic N) is 1. The molecule has 0 saturated carbocycles. The molecule has 88 valence electrons. The molecule has 2 N–H and O–H groups in total. The van der Waals surface area contributed by atoms with Gasteiger partial charge in [0.15, 0.2) is 5.66 Å². The van der Waals surface area contributed by atoms with Crippen LogP contribution in [0.15, 0.2) is 12.7 Å². The van der Waals surface area contributed by atoms with Crippen molar-refractivity contribution in [3.8, 4) is 0 Å². The van der Waals surface area contributed by atoms with E-state index in [1.165, 1.54) is 6.08 Å². The van der Waals surface area contributed by atoms with Crippen LogP contribution in [0, 0.1) is 0 Å². The number of aliphatic hydroxyl groups excluding tert-OH is 1. The molecule has 0 aromatic carbocycles. The third kappa shape index (κ3) is 3.32. The van der Waals surface area contributed by atoms with Crippen LogP contribution in [-0.2, 0) is 4.79 Å². The lowest BCUT2D eigenvalue weighted by Gasteiger charge is -2.46. The van der Waals surface area contributed by atoms with Gasteiger partial charge >= 0.3 is 0 Å². The first-order valence-corrected chi connectivity index (χ1v) is 5.21. The number of quaternary nitrogens is 1. The molecule has 0 bridgehead atoms. The molecule has 0 aliphatic rings. The molecule has 0 aromatic rings. The quantitative estimate of drug-likeness (QED) is 0.385. The maximum Gasteiger partial charge on any atom is 0.248 e. The summed E-state index contributed by atoms with van der Waals surface area (Å²) in [4.78, 5) is 11.3. The number of likely N-dealkylation sites (N-methyl/N-ethyl adjacent to an activating group) is 1. The number of carbonyl (C=O) groups excluding carboxylic acids is 1. The first-order chi connectivity index (χ1) is 6.83. The van der Waals surface area contributed by atoms with Gasteiger partial charge in [0.05, 0.1) is 20.7 Å². The normalized spacial score (nSPS) is 15.5. The Morgan fingerprint density at radius 3 is 2.47 bits per heavy atom. The Morgan fingerprint density at radius 1 is 1.60 bits per heavy atom. The summed E-state index contributed by atoms with van der Waals surface area (Å²) in [6, 6.07) is 0. The van der Waals surface area contributed by atoms with E-state index in [9.17, 15) is 4.79 Å². The predicted molar refractivity (Wildman–Crippen MR) is 61.1 cm³/mol. The molecule has 0 spiro atoms. The van der Waals surface area contributed by atoms with Crippen LogP contribution in [-0.4, -0.2) is 48.4 Å². The molecule has 0 heterocycles. The van der Waals surface area contributed by atoms with Crippen molar-refractivity contribution in [2.75, 3.05) is 27.2 Å². The van der Waals surface area contributed by atoms with Crippen LogP contribution in [0.4, 0.5) is 0 Å². The van der Waals surface area contributed by atoms with E-state index in [0.29, 0.717) is 11.0 Å². The van der Waals surface area contributed by atoms with Gasteiger partial charge in [0.2, 0.25) is 5.91 Å². The maximum absolute atomic E-state index is 11.3. The molecule has 0 aliphatic heterocycles. The summed E-state index contributed by atoms with van der Waals surface area (Å²) in [7, 11) is 3.98. The summed E-state index contributed by atoms with van der Waals surface area (Å²) in [5.74, 6) is -0.177. The lowest BCUT2D eigenvalue weighted by Crippen LogP contribution is -2.67. The maximum atomic E-state index is 11.3. The Bertz CT molecular complexity index is 239. The van der Waals surface area contributed by atoms with Gasteiger partial charge in [-0.15, -0.1) is 0 Å². The third-order valence-corrected chi connectivity index (χ3v) is 3.26. The van der Waals surface area contributed by atoms with E-state index in [2.05, 4.69) is 11.9 Å². The van der Waals surface area contributed by atoms with Crippen molar-refractivity contribution >= 4 is 5.91 Å². The molecule has 0 saturated heterocycles. The molecule has 1 atom stereocenters. The molecule has 0 radical (unpaired) electrons. The molecule has 1 amide bonds. The van der Waals surface area contributed by atoms with Gasteiger partial charge in [0, 0.05) is 13.3 Å². The summed E-state index contributed by atoms with van der Waals surface area (Å²) in [5.41, 5.74) is -0.381. The number of nitrogens with one attached hydrogen (secondary N) is 1.